The number of hydrogen-bond donors (Lipinski definition) is 2. The van der Waals surface area contributed by atoms with Crippen molar-refractivity contribution >= 4 is 5.91 Å². The second kappa shape index (κ2) is 4.62. The number of aromatic nitrogens is 1. The number of rotatable bonds is 3. The van der Waals surface area contributed by atoms with Gasteiger partial charge in [-0.3, -0.25) is 4.79 Å². The van der Waals surface area contributed by atoms with Gasteiger partial charge in [0.2, 0.25) is 0 Å². The molecule has 0 saturated heterocycles. The van der Waals surface area contributed by atoms with Gasteiger partial charge in [0, 0.05) is 24.7 Å². The lowest BCUT2D eigenvalue weighted by atomic mass is 10.1. The number of carbonyl (C=O) groups is 1. The van der Waals surface area contributed by atoms with Crippen molar-refractivity contribution in [2.75, 3.05) is 0 Å². The van der Waals surface area contributed by atoms with Crippen LogP contribution in [0.4, 0.5) is 0 Å². The van der Waals surface area contributed by atoms with Crippen molar-refractivity contribution in [2.45, 2.75) is 19.6 Å². The van der Waals surface area contributed by atoms with Crippen LogP contribution in [-0.4, -0.2) is 11.1 Å². The van der Waals surface area contributed by atoms with E-state index in [1.54, 1.807) is 12.3 Å². The summed E-state index contributed by atoms with van der Waals surface area (Å²) in [5, 5.41) is 9.64. The molecule has 1 aromatic heterocycles. The molecule has 1 aliphatic rings. The summed E-state index contributed by atoms with van der Waals surface area (Å²) in [4.78, 5) is 11.9. The number of amides is 1. The fraction of sp³-hybridized carbons (Fsp3) is 0.231. The Balaban J connectivity index is 1.69. The summed E-state index contributed by atoms with van der Waals surface area (Å²) in [7, 11) is 0. The van der Waals surface area contributed by atoms with Crippen LogP contribution in [0.5, 0.6) is 0 Å². The summed E-state index contributed by atoms with van der Waals surface area (Å²) in [6.07, 6.45) is 1.56. The molecule has 2 heterocycles. The highest BCUT2D eigenvalue weighted by atomic mass is 16.5. The highest BCUT2D eigenvalue weighted by Crippen LogP contribution is 2.17. The predicted octanol–water partition coefficient (Wildman–Crippen LogP) is 1.21. The lowest BCUT2D eigenvalue weighted by molar-refractivity contribution is 0.0947. The van der Waals surface area contributed by atoms with E-state index < -0.39 is 0 Å². The standard InChI is InChI=1S/C13H13N3O2/c17-13(15-8-12-3-4-16-18-12)9-1-2-10-6-14-7-11(10)5-9/h1-5,14H,6-8H2,(H,15,17). The summed E-state index contributed by atoms with van der Waals surface area (Å²) in [6, 6.07) is 7.51. The first-order chi connectivity index (χ1) is 8.83. The molecule has 18 heavy (non-hydrogen) atoms. The van der Waals surface area contributed by atoms with Crippen LogP contribution in [-0.2, 0) is 19.6 Å². The van der Waals surface area contributed by atoms with Gasteiger partial charge in [0.25, 0.3) is 5.91 Å². The Bertz CT molecular complexity index is 564. The van der Waals surface area contributed by atoms with E-state index in [1.807, 2.05) is 18.2 Å². The Morgan fingerprint density at radius 3 is 3.06 bits per heavy atom. The molecule has 0 atom stereocenters. The van der Waals surface area contributed by atoms with Crippen molar-refractivity contribution in [1.82, 2.24) is 15.8 Å². The van der Waals surface area contributed by atoms with Gasteiger partial charge in [-0.1, -0.05) is 11.2 Å². The first-order valence-corrected chi connectivity index (χ1v) is 5.83. The summed E-state index contributed by atoms with van der Waals surface area (Å²) >= 11 is 0. The molecule has 0 aliphatic carbocycles. The molecule has 1 aromatic carbocycles. The smallest absolute Gasteiger partial charge is 0.251 e. The van der Waals surface area contributed by atoms with Crippen LogP contribution in [0.25, 0.3) is 0 Å². The van der Waals surface area contributed by atoms with Crippen molar-refractivity contribution in [2.24, 2.45) is 0 Å². The monoisotopic (exact) mass is 243 g/mol. The first kappa shape index (κ1) is 11.0. The van der Waals surface area contributed by atoms with Crippen LogP contribution in [0.3, 0.4) is 0 Å². The third-order valence-corrected chi connectivity index (χ3v) is 3.01. The zero-order chi connectivity index (χ0) is 12.4. The predicted molar refractivity (Wildman–Crippen MR) is 64.7 cm³/mol. The normalized spacial score (nSPS) is 13.3. The average molecular weight is 243 g/mol. The molecule has 5 heteroatoms. The minimum absolute atomic E-state index is 0.0962. The molecular formula is C13H13N3O2. The first-order valence-electron chi connectivity index (χ1n) is 5.83. The van der Waals surface area contributed by atoms with E-state index in [0.717, 1.165) is 13.1 Å². The van der Waals surface area contributed by atoms with E-state index in [9.17, 15) is 4.79 Å². The molecule has 0 saturated carbocycles. The lowest BCUT2D eigenvalue weighted by Crippen LogP contribution is -2.22. The second-order valence-corrected chi connectivity index (χ2v) is 4.25. The van der Waals surface area contributed by atoms with Crippen LogP contribution in [0.1, 0.15) is 27.2 Å². The maximum absolute atomic E-state index is 11.9. The third-order valence-electron chi connectivity index (χ3n) is 3.01. The molecule has 2 aromatic rings. The van der Waals surface area contributed by atoms with E-state index >= 15 is 0 Å². The van der Waals surface area contributed by atoms with Gasteiger partial charge in [-0.05, 0) is 23.3 Å². The zero-order valence-corrected chi connectivity index (χ0v) is 9.77. The summed E-state index contributed by atoms with van der Waals surface area (Å²) < 4.78 is 4.92. The number of nitrogens with zero attached hydrogens (tertiary/aromatic N) is 1. The highest BCUT2D eigenvalue weighted by molar-refractivity contribution is 5.94. The van der Waals surface area contributed by atoms with Crippen molar-refractivity contribution in [1.29, 1.82) is 0 Å². The van der Waals surface area contributed by atoms with Gasteiger partial charge in [0.1, 0.15) is 0 Å². The average Bonchev–Trinajstić information content (AvgIpc) is 3.05. The highest BCUT2D eigenvalue weighted by Gasteiger charge is 2.13. The lowest BCUT2D eigenvalue weighted by Gasteiger charge is -2.05. The Hall–Kier alpha value is -2.14. The van der Waals surface area contributed by atoms with Crippen LogP contribution >= 0.6 is 0 Å². The summed E-state index contributed by atoms with van der Waals surface area (Å²) in [5.74, 6) is 0.548. The minimum Gasteiger partial charge on any atom is -0.360 e. The fourth-order valence-electron chi connectivity index (χ4n) is 2.04. The number of hydrogen-bond acceptors (Lipinski definition) is 4. The van der Waals surface area contributed by atoms with Crippen molar-refractivity contribution in [3.63, 3.8) is 0 Å². The van der Waals surface area contributed by atoms with Crippen LogP contribution in [0.2, 0.25) is 0 Å². The Morgan fingerprint density at radius 2 is 2.22 bits per heavy atom. The molecule has 0 spiro atoms. The molecule has 0 fully saturated rings. The van der Waals surface area contributed by atoms with E-state index in [2.05, 4.69) is 15.8 Å². The zero-order valence-electron chi connectivity index (χ0n) is 9.77. The summed E-state index contributed by atoms with van der Waals surface area (Å²) in [6.45, 7) is 2.07. The quantitative estimate of drug-likeness (QED) is 0.850. The SMILES string of the molecule is O=C(NCc1ccno1)c1ccc2c(c1)CNC2. The molecule has 2 N–H and O–H groups in total. The molecule has 1 amide bonds. The molecule has 0 radical (unpaired) electrons. The van der Waals surface area contributed by atoms with Crippen molar-refractivity contribution in [3.05, 3.63) is 52.9 Å². The van der Waals surface area contributed by atoms with Gasteiger partial charge >= 0.3 is 0 Å². The van der Waals surface area contributed by atoms with Crippen LogP contribution in [0.15, 0.2) is 35.0 Å². The van der Waals surface area contributed by atoms with Gasteiger partial charge in [0.15, 0.2) is 5.76 Å². The summed E-state index contributed by atoms with van der Waals surface area (Å²) in [5.41, 5.74) is 3.14. The molecule has 1 aliphatic heterocycles. The molecule has 0 bridgehead atoms. The van der Waals surface area contributed by atoms with E-state index in [4.69, 9.17) is 4.52 Å². The Morgan fingerprint density at radius 1 is 1.33 bits per heavy atom. The molecular weight excluding hydrogens is 230 g/mol. The molecule has 92 valence electrons. The number of fused-ring (bicyclic) bond motifs is 1. The van der Waals surface area contributed by atoms with Crippen LogP contribution < -0.4 is 10.6 Å². The van der Waals surface area contributed by atoms with E-state index in [0.29, 0.717) is 17.9 Å². The van der Waals surface area contributed by atoms with Gasteiger partial charge < -0.3 is 15.2 Å². The topological polar surface area (TPSA) is 67.2 Å². The van der Waals surface area contributed by atoms with Gasteiger partial charge in [0.05, 0.1) is 12.7 Å². The Kier molecular flexibility index (Phi) is 2.82. The molecule has 0 unspecified atom stereocenters. The van der Waals surface area contributed by atoms with E-state index in [1.165, 1.54) is 11.1 Å². The number of benzene rings is 1. The van der Waals surface area contributed by atoms with Crippen molar-refractivity contribution < 1.29 is 9.32 Å². The van der Waals surface area contributed by atoms with Gasteiger partial charge in [-0.15, -0.1) is 0 Å². The van der Waals surface area contributed by atoms with E-state index in [-0.39, 0.29) is 5.91 Å². The maximum atomic E-state index is 11.9. The van der Waals surface area contributed by atoms with Crippen LogP contribution in [0, 0.1) is 0 Å². The fourth-order valence-corrected chi connectivity index (χ4v) is 2.04. The minimum atomic E-state index is -0.0962. The van der Waals surface area contributed by atoms with Gasteiger partial charge in [-0.25, -0.2) is 0 Å². The molecule has 5 nitrogen and oxygen atoms in total. The van der Waals surface area contributed by atoms with Gasteiger partial charge in [-0.2, -0.15) is 0 Å². The second-order valence-electron chi connectivity index (χ2n) is 4.25. The number of nitrogens with one attached hydrogen (secondary N) is 2. The maximum Gasteiger partial charge on any atom is 0.251 e. The molecule has 3 rings (SSSR count). The largest absolute Gasteiger partial charge is 0.360 e. The third kappa shape index (κ3) is 2.12. The number of carbonyl (C=O) groups excluding carboxylic acids is 1. The Labute approximate surface area is 104 Å². The van der Waals surface area contributed by atoms with Crippen molar-refractivity contribution in [3.8, 4) is 0 Å².